The highest BCUT2D eigenvalue weighted by Crippen LogP contribution is 2.23. The molecule has 0 spiro atoms. The number of hydrogen-bond acceptors (Lipinski definition) is 3. The third kappa shape index (κ3) is 2.82. The number of halogens is 1. The SMILES string of the molecule is NCC(Cc1cccc(Cl)c1)c1nccs1. The zero-order valence-electron chi connectivity index (χ0n) is 8.77. The predicted molar refractivity (Wildman–Crippen MR) is 69.1 cm³/mol. The van der Waals surface area contributed by atoms with E-state index in [1.165, 1.54) is 5.56 Å². The highest BCUT2D eigenvalue weighted by molar-refractivity contribution is 7.09. The Morgan fingerprint density at radius 2 is 2.31 bits per heavy atom. The van der Waals surface area contributed by atoms with Crippen LogP contribution in [-0.2, 0) is 6.42 Å². The molecular formula is C12H13ClN2S. The van der Waals surface area contributed by atoms with Crippen LogP contribution in [0.15, 0.2) is 35.8 Å². The van der Waals surface area contributed by atoms with Crippen LogP contribution < -0.4 is 5.73 Å². The van der Waals surface area contributed by atoms with Gasteiger partial charge in [0.1, 0.15) is 0 Å². The lowest BCUT2D eigenvalue weighted by Gasteiger charge is -2.11. The Kier molecular flexibility index (Phi) is 3.93. The standard InChI is InChI=1S/C12H13ClN2S/c13-11-3-1-2-9(7-11)6-10(8-14)12-15-4-5-16-12/h1-5,7,10H,6,8,14H2. The number of nitrogens with zero attached hydrogens (tertiary/aromatic N) is 1. The highest BCUT2D eigenvalue weighted by Gasteiger charge is 2.13. The van der Waals surface area contributed by atoms with Crippen LogP contribution in [0.2, 0.25) is 5.02 Å². The molecule has 1 aromatic heterocycles. The minimum Gasteiger partial charge on any atom is -0.330 e. The number of thiazole rings is 1. The van der Waals surface area contributed by atoms with E-state index in [1.807, 2.05) is 29.8 Å². The molecule has 2 N–H and O–H groups in total. The maximum Gasteiger partial charge on any atom is 0.0971 e. The van der Waals surface area contributed by atoms with E-state index in [0.717, 1.165) is 16.5 Å². The molecule has 0 fully saturated rings. The summed E-state index contributed by atoms with van der Waals surface area (Å²) in [6, 6.07) is 7.90. The Balaban J connectivity index is 2.13. The molecule has 1 aromatic carbocycles. The van der Waals surface area contributed by atoms with Gasteiger partial charge in [0.25, 0.3) is 0 Å². The van der Waals surface area contributed by atoms with E-state index in [9.17, 15) is 0 Å². The Hall–Kier alpha value is -0.900. The quantitative estimate of drug-likeness (QED) is 0.908. The Morgan fingerprint density at radius 3 is 2.94 bits per heavy atom. The van der Waals surface area contributed by atoms with E-state index in [2.05, 4.69) is 11.1 Å². The molecule has 0 saturated heterocycles. The molecule has 4 heteroatoms. The third-order valence-corrected chi connectivity index (χ3v) is 3.63. The van der Waals surface area contributed by atoms with Gasteiger partial charge < -0.3 is 5.73 Å². The summed E-state index contributed by atoms with van der Waals surface area (Å²) < 4.78 is 0. The van der Waals surface area contributed by atoms with E-state index in [-0.39, 0.29) is 0 Å². The topological polar surface area (TPSA) is 38.9 Å². The van der Waals surface area contributed by atoms with Gasteiger partial charge in [-0.2, -0.15) is 0 Å². The van der Waals surface area contributed by atoms with Crippen molar-refractivity contribution >= 4 is 22.9 Å². The molecule has 2 aromatic rings. The van der Waals surface area contributed by atoms with Crippen molar-refractivity contribution in [1.82, 2.24) is 4.98 Å². The average molecular weight is 253 g/mol. The summed E-state index contributed by atoms with van der Waals surface area (Å²) in [7, 11) is 0. The summed E-state index contributed by atoms with van der Waals surface area (Å²) >= 11 is 7.61. The Labute approximate surface area is 104 Å². The summed E-state index contributed by atoms with van der Waals surface area (Å²) in [5, 5.41) is 3.85. The highest BCUT2D eigenvalue weighted by atomic mass is 35.5. The largest absolute Gasteiger partial charge is 0.330 e. The van der Waals surface area contributed by atoms with Crippen LogP contribution in [0.3, 0.4) is 0 Å². The van der Waals surface area contributed by atoms with Gasteiger partial charge in [-0.1, -0.05) is 23.7 Å². The van der Waals surface area contributed by atoms with Gasteiger partial charge in [-0.25, -0.2) is 4.98 Å². The Bertz CT molecular complexity index is 442. The minimum absolute atomic E-state index is 0.290. The van der Waals surface area contributed by atoms with Gasteiger partial charge in [-0.05, 0) is 24.1 Å². The zero-order valence-corrected chi connectivity index (χ0v) is 10.3. The second-order valence-corrected chi connectivity index (χ2v) is 5.00. The van der Waals surface area contributed by atoms with Crippen LogP contribution >= 0.6 is 22.9 Å². The summed E-state index contributed by atoms with van der Waals surface area (Å²) in [5.74, 6) is 0.290. The van der Waals surface area contributed by atoms with Crippen LogP contribution in [-0.4, -0.2) is 11.5 Å². The van der Waals surface area contributed by atoms with Gasteiger partial charge in [0.2, 0.25) is 0 Å². The third-order valence-electron chi connectivity index (χ3n) is 2.46. The van der Waals surface area contributed by atoms with E-state index in [4.69, 9.17) is 17.3 Å². The molecule has 16 heavy (non-hydrogen) atoms. The van der Waals surface area contributed by atoms with E-state index < -0.39 is 0 Å². The fourth-order valence-corrected chi connectivity index (χ4v) is 2.62. The summed E-state index contributed by atoms with van der Waals surface area (Å²) in [6.07, 6.45) is 2.71. The maximum absolute atomic E-state index is 5.95. The summed E-state index contributed by atoms with van der Waals surface area (Å²) in [4.78, 5) is 4.31. The van der Waals surface area contributed by atoms with Crippen molar-refractivity contribution in [3.63, 3.8) is 0 Å². The fourth-order valence-electron chi connectivity index (χ4n) is 1.66. The zero-order chi connectivity index (χ0) is 11.4. The van der Waals surface area contributed by atoms with E-state index >= 15 is 0 Å². The average Bonchev–Trinajstić information content (AvgIpc) is 2.79. The molecule has 2 nitrogen and oxygen atoms in total. The second kappa shape index (κ2) is 5.43. The molecule has 0 amide bonds. The van der Waals surface area contributed by atoms with Crippen LogP contribution in [0.5, 0.6) is 0 Å². The first-order valence-corrected chi connectivity index (χ1v) is 6.39. The van der Waals surface area contributed by atoms with Gasteiger partial charge in [-0.3, -0.25) is 0 Å². The van der Waals surface area contributed by atoms with Crippen LogP contribution in [0, 0.1) is 0 Å². The molecule has 0 bridgehead atoms. The van der Waals surface area contributed by atoms with Crippen molar-refractivity contribution in [3.05, 3.63) is 51.4 Å². The lowest BCUT2D eigenvalue weighted by Crippen LogP contribution is -2.14. The van der Waals surface area contributed by atoms with E-state index in [1.54, 1.807) is 11.3 Å². The molecule has 0 aliphatic carbocycles. The number of hydrogen-bond donors (Lipinski definition) is 1. The molecule has 2 rings (SSSR count). The lowest BCUT2D eigenvalue weighted by atomic mass is 10.0. The minimum atomic E-state index is 0.290. The van der Waals surface area contributed by atoms with Crippen LogP contribution in [0.25, 0.3) is 0 Å². The normalized spacial score (nSPS) is 12.6. The van der Waals surface area contributed by atoms with Gasteiger partial charge >= 0.3 is 0 Å². The molecule has 0 saturated carbocycles. The first kappa shape index (κ1) is 11.6. The molecule has 1 unspecified atom stereocenters. The molecule has 1 atom stereocenters. The van der Waals surface area contributed by atoms with Crippen molar-refractivity contribution in [2.24, 2.45) is 5.73 Å². The Morgan fingerprint density at radius 1 is 1.44 bits per heavy atom. The number of rotatable bonds is 4. The van der Waals surface area contributed by atoms with Gasteiger partial charge in [-0.15, -0.1) is 11.3 Å². The van der Waals surface area contributed by atoms with Crippen molar-refractivity contribution in [1.29, 1.82) is 0 Å². The first-order valence-electron chi connectivity index (χ1n) is 5.13. The van der Waals surface area contributed by atoms with Crippen molar-refractivity contribution in [3.8, 4) is 0 Å². The molecule has 0 radical (unpaired) electrons. The number of nitrogens with two attached hydrogens (primary N) is 1. The summed E-state index contributed by atoms with van der Waals surface area (Å²) in [5.41, 5.74) is 6.99. The monoisotopic (exact) mass is 252 g/mol. The van der Waals surface area contributed by atoms with Gasteiger partial charge in [0.15, 0.2) is 0 Å². The maximum atomic E-state index is 5.95. The van der Waals surface area contributed by atoms with Gasteiger partial charge in [0, 0.05) is 29.1 Å². The molecule has 84 valence electrons. The van der Waals surface area contributed by atoms with Crippen LogP contribution in [0.1, 0.15) is 16.5 Å². The van der Waals surface area contributed by atoms with Gasteiger partial charge in [0.05, 0.1) is 5.01 Å². The van der Waals surface area contributed by atoms with E-state index in [0.29, 0.717) is 12.5 Å². The predicted octanol–water partition coefficient (Wildman–Crippen LogP) is 3.08. The first-order chi connectivity index (χ1) is 7.79. The smallest absolute Gasteiger partial charge is 0.0971 e. The molecular weight excluding hydrogens is 240 g/mol. The van der Waals surface area contributed by atoms with Crippen molar-refractivity contribution < 1.29 is 0 Å². The number of benzene rings is 1. The van der Waals surface area contributed by atoms with Crippen molar-refractivity contribution in [2.75, 3.05) is 6.54 Å². The second-order valence-electron chi connectivity index (χ2n) is 3.64. The van der Waals surface area contributed by atoms with Crippen molar-refractivity contribution in [2.45, 2.75) is 12.3 Å². The lowest BCUT2D eigenvalue weighted by molar-refractivity contribution is 0.689. The molecule has 0 aliphatic heterocycles. The number of aromatic nitrogens is 1. The fraction of sp³-hybridized carbons (Fsp3) is 0.250. The molecule has 1 heterocycles. The summed E-state index contributed by atoms with van der Waals surface area (Å²) in [6.45, 7) is 0.611. The molecule has 0 aliphatic rings. The van der Waals surface area contributed by atoms with Crippen LogP contribution in [0.4, 0.5) is 0 Å².